The second kappa shape index (κ2) is 3.74. The highest BCUT2D eigenvalue weighted by atomic mass is 16.5. The van der Waals surface area contributed by atoms with Gasteiger partial charge in [0.2, 0.25) is 0 Å². The van der Waals surface area contributed by atoms with Crippen LogP contribution in [0.25, 0.3) is 0 Å². The van der Waals surface area contributed by atoms with E-state index < -0.39 is 0 Å². The Morgan fingerprint density at radius 2 is 2.12 bits per heavy atom. The first-order valence-electron chi connectivity index (χ1n) is 6.68. The number of hydrogen-bond acceptors (Lipinski definition) is 2. The van der Waals surface area contributed by atoms with Gasteiger partial charge >= 0.3 is 0 Å². The minimum Gasteiger partial charge on any atom is -0.497 e. The largest absolute Gasteiger partial charge is 0.497 e. The molecule has 1 fully saturated rings. The van der Waals surface area contributed by atoms with E-state index in [0.717, 1.165) is 11.8 Å². The van der Waals surface area contributed by atoms with Gasteiger partial charge in [0.05, 0.1) is 7.11 Å². The van der Waals surface area contributed by atoms with Crippen molar-refractivity contribution in [3.05, 3.63) is 29.3 Å². The van der Waals surface area contributed by atoms with Gasteiger partial charge in [0.15, 0.2) is 0 Å². The van der Waals surface area contributed by atoms with E-state index in [2.05, 4.69) is 37.4 Å². The molecule has 2 nitrogen and oxygen atoms in total. The maximum Gasteiger partial charge on any atom is 0.119 e. The lowest BCUT2D eigenvalue weighted by Crippen LogP contribution is -2.37. The van der Waals surface area contributed by atoms with Crippen molar-refractivity contribution >= 4 is 0 Å². The molecule has 0 spiro atoms. The van der Waals surface area contributed by atoms with Gasteiger partial charge in [-0.05, 0) is 42.5 Å². The van der Waals surface area contributed by atoms with Gasteiger partial charge < -0.3 is 10.1 Å². The van der Waals surface area contributed by atoms with E-state index >= 15 is 0 Å². The fraction of sp³-hybridized carbons (Fsp3) is 0.600. The van der Waals surface area contributed by atoms with Crippen LogP contribution in [0.15, 0.2) is 18.2 Å². The number of fused-ring (bicyclic) bond motifs is 2. The summed E-state index contributed by atoms with van der Waals surface area (Å²) < 4.78 is 5.39. The number of nitrogens with one attached hydrogen (secondary N) is 1. The van der Waals surface area contributed by atoms with Crippen molar-refractivity contribution in [1.29, 1.82) is 0 Å². The van der Waals surface area contributed by atoms with Crippen molar-refractivity contribution in [2.45, 2.75) is 50.6 Å². The molecule has 1 saturated heterocycles. The lowest BCUT2D eigenvalue weighted by atomic mass is 9.66. The van der Waals surface area contributed by atoms with Gasteiger partial charge in [0.1, 0.15) is 5.75 Å². The first-order chi connectivity index (χ1) is 8.25. The van der Waals surface area contributed by atoms with E-state index in [0.29, 0.717) is 11.5 Å². The third-order valence-electron chi connectivity index (χ3n) is 4.84. The van der Waals surface area contributed by atoms with E-state index in [1.165, 1.54) is 30.4 Å². The monoisotopic (exact) mass is 231 g/mol. The number of rotatable bonds is 3. The Kier molecular flexibility index (Phi) is 2.44. The smallest absolute Gasteiger partial charge is 0.119 e. The van der Waals surface area contributed by atoms with Crippen LogP contribution in [-0.2, 0) is 11.8 Å². The topological polar surface area (TPSA) is 31.2 Å². The van der Waals surface area contributed by atoms with E-state index in [1.54, 1.807) is 7.11 Å². The number of ether oxygens (including phenoxy) is 1. The molecule has 0 bridgehead atoms. The molecule has 2 unspecified atom stereocenters. The van der Waals surface area contributed by atoms with Crippen LogP contribution in [0.3, 0.4) is 0 Å². The van der Waals surface area contributed by atoms with Crippen LogP contribution in [0.1, 0.15) is 37.8 Å². The van der Waals surface area contributed by atoms with Crippen molar-refractivity contribution in [3.63, 3.8) is 0 Å². The fourth-order valence-electron chi connectivity index (χ4n) is 3.70. The summed E-state index contributed by atoms with van der Waals surface area (Å²) in [6.07, 6.45) is 3.60. The highest BCUT2D eigenvalue weighted by Crippen LogP contribution is 2.48. The molecular weight excluding hydrogens is 210 g/mol. The number of benzene rings is 1. The molecule has 2 heteroatoms. The van der Waals surface area contributed by atoms with Gasteiger partial charge in [0, 0.05) is 17.5 Å². The molecule has 3 rings (SSSR count). The van der Waals surface area contributed by atoms with Crippen LogP contribution in [-0.4, -0.2) is 19.2 Å². The molecule has 0 radical (unpaired) electrons. The highest BCUT2D eigenvalue weighted by molar-refractivity contribution is 5.47. The van der Waals surface area contributed by atoms with Crippen molar-refractivity contribution in [2.75, 3.05) is 7.11 Å². The van der Waals surface area contributed by atoms with Gasteiger partial charge in [-0.25, -0.2) is 0 Å². The van der Waals surface area contributed by atoms with E-state index in [9.17, 15) is 0 Å². The SMILES string of the molecule is CCC1(CC)c2cc(OC)ccc2CC2NC21. The summed E-state index contributed by atoms with van der Waals surface area (Å²) in [5.41, 5.74) is 3.36. The zero-order chi connectivity index (χ0) is 12.0. The second-order valence-corrected chi connectivity index (χ2v) is 5.34. The molecule has 1 heterocycles. The third kappa shape index (κ3) is 1.43. The maximum atomic E-state index is 5.39. The minimum absolute atomic E-state index is 0.326. The Labute approximate surface area is 103 Å². The molecule has 17 heavy (non-hydrogen) atoms. The highest BCUT2D eigenvalue weighted by Gasteiger charge is 2.55. The molecule has 92 valence electrons. The molecule has 0 amide bonds. The average Bonchev–Trinajstić information content (AvgIpc) is 3.15. The van der Waals surface area contributed by atoms with Crippen molar-refractivity contribution in [1.82, 2.24) is 5.32 Å². The van der Waals surface area contributed by atoms with Gasteiger partial charge in [-0.3, -0.25) is 0 Å². The van der Waals surface area contributed by atoms with Gasteiger partial charge in [0.25, 0.3) is 0 Å². The average molecular weight is 231 g/mol. The molecule has 1 aliphatic carbocycles. The molecule has 1 N–H and O–H groups in total. The summed E-state index contributed by atoms with van der Waals surface area (Å²) in [6.45, 7) is 4.63. The Bertz CT molecular complexity index is 437. The van der Waals surface area contributed by atoms with Crippen molar-refractivity contribution in [3.8, 4) is 5.75 Å². The maximum absolute atomic E-state index is 5.39. The summed E-state index contributed by atoms with van der Waals surface area (Å²) in [6, 6.07) is 8.02. The Morgan fingerprint density at radius 3 is 2.76 bits per heavy atom. The molecule has 2 aliphatic rings. The van der Waals surface area contributed by atoms with Gasteiger partial charge in [-0.2, -0.15) is 0 Å². The predicted molar refractivity (Wildman–Crippen MR) is 69.7 cm³/mol. The summed E-state index contributed by atoms with van der Waals surface area (Å²) in [5, 5.41) is 3.67. The molecule has 1 aliphatic heterocycles. The number of hydrogen-bond donors (Lipinski definition) is 1. The lowest BCUT2D eigenvalue weighted by Gasteiger charge is -2.37. The standard InChI is InChI=1S/C15H21NO/c1-4-15(5-2)12-9-11(17-3)7-6-10(12)8-13-14(15)16-13/h6-7,9,13-14,16H,4-5,8H2,1-3H3. The zero-order valence-corrected chi connectivity index (χ0v) is 10.9. The molecule has 0 saturated carbocycles. The van der Waals surface area contributed by atoms with Gasteiger partial charge in [-0.1, -0.05) is 19.9 Å². The molecule has 1 aromatic rings. The quantitative estimate of drug-likeness (QED) is 0.811. The Hall–Kier alpha value is -1.02. The van der Waals surface area contributed by atoms with E-state index in [-0.39, 0.29) is 0 Å². The van der Waals surface area contributed by atoms with E-state index in [1.807, 2.05) is 0 Å². The van der Waals surface area contributed by atoms with Crippen LogP contribution in [0.4, 0.5) is 0 Å². The van der Waals surface area contributed by atoms with Crippen molar-refractivity contribution < 1.29 is 4.74 Å². The summed E-state index contributed by atoms with van der Waals surface area (Å²) in [4.78, 5) is 0. The normalized spacial score (nSPS) is 28.2. The van der Waals surface area contributed by atoms with Crippen LogP contribution >= 0.6 is 0 Å². The van der Waals surface area contributed by atoms with Crippen LogP contribution in [0, 0.1) is 0 Å². The zero-order valence-electron chi connectivity index (χ0n) is 10.9. The first-order valence-corrected chi connectivity index (χ1v) is 6.68. The number of methoxy groups -OCH3 is 1. The Balaban J connectivity index is 2.13. The lowest BCUT2D eigenvalue weighted by molar-refractivity contribution is 0.360. The van der Waals surface area contributed by atoms with Crippen molar-refractivity contribution in [2.24, 2.45) is 0 Å². The fourth-order valence-corrected chi connectivity index (χ4v) is 3.70. The minimum atomic E-state index is 0.326. The predicted octanol–water partition coefficient (Wildman–Crippen LogP) is 2.65. The molecule has 2 atom stereocenters. The second-order valence-electron chi connectivity index (χ2n) is 5.34. The summed E-state index contributed by atoms with van der Waals surface area (Å²) in [7, 11) is 1.75. The third-order valence-corrected chi connectivity index (χ3v) is 4.84. The van der Waals surface area contributed by atoms with E-state index in [4.69, 9.17) is 4.74 Å². The molecular formula is C15H21NO. The first kappa shape index (κ1) is 11.1. The molecule has 0 aromatic heterocycles. The summed E-state index contributed by atoms with van der Waals surface area (Å²) in [5.74, 6) is 0.995. The van der Waals surface area contributed by atoms with Crippen LogP contribution < -0.4 is 10.1 Å². The van der Waals surface area contributed by atoms with Crippen LogP contribution in [0.2, 0.25) is 0 Å². The summed E-state index contributed by atoms with van der Waals surface area (Å²) >= 11 is 0. The molecule has 1 aromatic carbocycles. The van der Waals surface area contributed by atoms with Crippen LogP contribution in [0.5, 0.6) is 5.75 Å². The van der Waals surface area contributed by atoms with Gasteiger partial charge in [-0.15, -0.1) is 0 Å². The Morgan fingerprint density at radius 1 is 1.35 bits per heavy atom.